The van der Waals surface area contributed by atoms with Crippen molar-refractivity contribution in [1.29, 1.82) is 0 Å². The highest BCUT2D eigenvalue weighted by atomic mass is 32.2. The number of carbonyl (C=O) groups excluding carboxylic acids is 2. The Morgan fingerprint density at radius 2 is 2.00 bits per heavy atom. The minimum absolute atomic E-state index is 0.0538. The predicted octanol–water partition coefficient (Wildman–Crippen LogP) is 3.48. The molecule has 1 aromatic heterocycles. The molecule has 2 amide bonds. The van der Waals surface area contributed by atoms with Crippen LogP contribution in [0.15, 0.2) is 40.9 Å². The highest BCUT2D eigenvalue weighted by Crippen LogP contribution is 2.24. The molecule has 0 aliphatic carbocycles. The van der Waals surface area contributed by atoms with E-state index >= 15 is 0 Å². The van der Waals surface area contributed by atoms with E-state index in [0.29, 0.717) is 37.5 Å². The highest BCUT2D eigenvalue weighted by molar-refractivity contribution is 7.99. The monoisotopic (exact) mass is 387 g/mol. The zero-order valence-corrected chi connectivity index (χ0v) is 16.5. The van der Waals surface area contributed by atoms with E-state index in [0.717, 1.165) is 5.75 Å². The van der Waals surface area contributed by atoms with Crippen LogP contribution in [0.3, 0.4) is 0 Å². The number of aryl methyl sites for hydroxylation is 1. The number of aromatic nitrogens is 1. The van der Waals surface area contributed by atoms with E-state index in [1.165, 1.54) is 5.56 Å². The maximum Gasteiger partial charge on any atom is 0.235 e. The van der Waals surface area contributed by atoms with Crippen molar-refractivity contribution < 1.29 is 14.1 Å². The molecule has 144 valence electrons. The van der Waals surface area contributed by atoms with Crippen molar-refractivity contribution in [3.63, 3.8) is 0 Å². The fourth-order valence-electron chi connectivity index (χ4n) is 3.14. The zero-order chi connectivity index (χ0) is 19.2. The van der Waals surface area contributed by atoms with Gasteiger partial charge in [-0.2, -0.15) is 0 Å². The summed E-state index contributed by atoms with van der Waals surface area (Å²) in [6, 6.07) is 11.9. The number of benzene rings is 1. The minimum atomic E-state index is -0.0988. The molecule has 1 atom stereocenters. The molecule has 1 aliphatic rings. The van der Waals surface area contributed by atoms with Gasteiger partial charge >= 0.3 is 0 Å². The van der Waals surface area contributed by atoms with Crippen LogP contribution in [0.25, 0.3) is 0 Å². The Labute approximate surface area is 163 Å². The number of rotatable bonds is 6. The molecular formula is C20H25N3O3S. The van der Waals surface area contributed by atoms with Gasteiger partial charge in [0.15, 0.2) is 5.82 Å². The van der Waals surface area contributed by atoms with Gasteiger partial charge in [0.1, 0.15) is 5.76 Å². The predicted molar refractivity (Wildman–Crippen MR) is 106 cm³/mol. The van der Waals surface area contributed by atoms with Crippen LogP contribution < -0.4 is 5.32 Å². The molecule has 0 bridgehead atoms. The molecule has 6 nitrogen and oxygen atoms in total. The number of hydrogen-bond acceptors (Lipinski definition) is 5. The summed E-state index contributed by atoms with van der Waals surface area (Å²) >= 11 is 1.65. The lowest BCUT2D eigenvalue weighted by molar-refractivity contribution is -0.133. The van der Waals surface area contributed by atoms with Crippen LogP contribution in [-0.2, 0) is 15.3 Å². The van der Waals surface area contributed by atoms with Crippen molar-refractivity contribution in [2.24, 2.45) is 5.92 Å². The van der Waals surface area contributed by atoms with Crippen LogP contribution in [0, 0.1) is 12.8 Å². The molecular weight excluding hydrogens is 362 g/mol. The quantitative estimate of drug-likeness (QED) is 0.821. The molecule has 1 saturated heterocycles. The fourth-order valence-corrected chi connectivity index (χ4v) is 4.07. The van der Waals surface area contributed by atoms with Gasteiger partial charge < -0.3 is 14.7 Å². The maximum atomic E-state index is 12.7. The van der Waals surface area contributed by atoms with E-state index < -0.39 is 0 Å². The Balaban J connectivity index is 1.43. The standard InChI is InChI=1S/C20H25N3O3S/c1-14-12-18(22-26-14)21-19(24)17-8-10-23(11-9-17)20(25)15(2)27-13-16-6-4-3-5-7-16/h3-7,12,15,17H,8-11,13H2,1-2H3,(H,21,22,24)/t15-/m0/s1. The van der Waals surface area contributed by atoms with Crippen LogP contribution >= 0.6 is 11.8 Å². The summed E-state index contributed by atoms with van der Waals surface area (Å²) in [4.78, 5) is 26.9. The first-order valence-electron chi connectivity index (χ1n) is 9.21. The zero-order valence-electron chi connectivity index (χ0n) is 15.7. The van der Waals surface area contributed by atoms with Gasteiger partial charge in [-0.05, 0) is 32.3 Å². The van der Waals surface area contributed by atoms with Crippen LogP contribution in [0.4, 0.5) is 5.82 Å². The number of likely N-dealkylation sites (tertiary alicyclic amines) is 1. The molecule has 1 fully saturated rings. The van der Waals surface area contributed by atoms with E-state index in [9.17, 15) is 9.59 Å². The average Bonchev–Trinajstić information content (AvgIpc) is 3.11. The summed E-state index contributed by atoms with van der Waals surface area (Å²) in [5.41, 5.74) is 1.22. The van der Waals surface area contributed by atoms with Gasteiger partial charge in [0.05, 0.1) is 5.25 Å². The number of piperidine rings is 1. The number of carbonyl (C=O) groups is 2. The Hall–Kier alpha value is -2.28. The summed E-state index contributed by atoms with van der Waals surface area (Å²) in [6.45, 7) is 4.97. The van der Waals surface area contributed by atoms with Gasteiger partial charge in [-0.1, -0.05) is 35.5 Å². The number of nitrogens with zero attached hydrogens (tertiary/aromatic N) is 2. The summed E-state index contributed by atoms with van der Waals surface area (Å²) < 4.78 is 4.96. The smallest absolute Gasteiger partial charge is 0.235 e. The molecule has 0 radical (unpaired) electrons. The van der Waals surface area contributed by atoms with E-state index in [2.05, 4.69) is 22.6 Å². The summed E-state index contributed by atoms with van der Waals surface area (Å²) in [6.07, 6.45) is 1.34. The first-order chi connectivity index (χ1) is 13.0. The highest BCUT2D eigenvalue weighted by Gasteiger charge is 2.29. The van der Waals surface area contributed by atoms with E-state index in [1.807, 2.05) is 30.0 Å². The molecule has 1 N–H and O–H groups in total. The molecule has 3 rings (SSSR count). The van der Waals surface area contributed by atoms with Gasteiger partial charge in [-0.15, -0.1) is 11.8 Å². The minimum Gasteiger partial charge on any atom is -0.360 e. The van der Waals surface area contributed by atoms with Crippen molar-refractivity contribution in [3.05, 3.63) is 47.7 Å². The third-order valence-electron chi connectivity index (χ3n) is 4.75. The molecule has 0 unspecified atom stereocenters. The lowest BCUT2D eigenvalue weighted by atomic mass is 9.95. The van der Waals surface area contributed by atoms with Crippen molar-refractivity contribution in [2.75, 3.05) is 18.4 Å². The Morgan fingerprint density at radius 1 is 1.30 bits per heavy atom. The van der Waals surface area contributed by atoms with Gasteiger partial charge in [0.25, 0.3) is 0 Å². The average molecular weight is 388 g/mol. The van der Waals surface area contributed by atoms with Crippen molar-refractivity contribution >= 4 is 29.4 Å². The van der Waals surface area contributed by atoms with Gasteiger partial charge in [-0.3, -0.25) is 9.59 Å². The van der Waals surface area contributed by atoms with Gasteiger partial charge in [-0.25, -0.2) is 0 Å². The van der Waals surface area contributed by atoms with Gasteiger partial charge in [0.2, 0.25) is 11.8 Å². The third-order valence-corrected chi connectivity index (χ3v) is 5.95. The maximum absolute atomic E-state index is 12.7. The lowest BCUT2D eigenvalue weighted by Gasteiger charge is -2.32. The normalized spacial score (nSPS) is 16.1. The first kappa shape index (κ1) is 19.5. The Bertz CT molecular complexity index is 770. The third kappa shape index (κ3) is 5.35. The Kier molecular flexibility index (Phi) is 6.55. The van der Waals surface area contributed by atoms with Crippen LogP contribution in [0.5, 0.6) is 0 Å². The summed E-state index contributed by atoms with van der Waals surface area (Å²) in [5, 5.41) is 6.49. The topological polar surface area (TPSA) is 75.4 Å². The SMILES string of the molecule is Cc1cc(NC(=O)C2CCN(C(=O)[C@H](C)SCc3ccccc3)CC2)no1. The van der Waals surface area contributed by atoms with Gasteiger partial charge in [0, 0.05) is 30.8 Å². The molecule has 1 aliphatic heterocycles. The lowest BCUT2D eigenvalue weighted by Crippen LogP contribution is -2.44. The number of hydrogen-bond donors (Lipinski definition) is 1. The molecule has 2 aromatic rings. The van der Waals surface area contributed by atoms with Crippen molar-refractivity contribution in [3.8, 4) is 0 Å². The van der Waals surface area contributed by atoms with Crippen LogP contribution in [0.1, 0.15) is 31.1 Å². The van der Waals surface area contributed by atoms with E-state index in [-0.39, 0.29) is 23.0 Å². The molecule has 27 heavy (non-hydrogen) atoms. The largest absolute Gasteiger partial charge is 0.360 e. The summed E-state index contributed by atoms with van der Waals surface area (Å²) in [5.74, 6) is 1.93. The molecule has 0 spiro atoms. The number of thioether (sulfide) groups is 1. The van der Waals surface area contributed by atoms with E-state index in [1.54, 1.807) is 24.8 Å². The van der Waals surface area contributed by atoms with E-state index in [4.69, 9.17) is 4.52 Å². The number of amides is 2. The Morgan fingerprint density at radius 3 is 2.63 bits per heavy atom. The van der Waals surface area contributed by atoms with Crippen LogP contribution in [-0.4, -0.2) is 40.2 Å². The van der Waals surface area contributed by atoms with Crippen molar-refractivity contribution in [2.45, 2.75) is 37.7 Å². The molecule has 0 saturated carbocycles. The second kappa shape index (κ2) is 9.08. The second-order valence-corrected chi connectivity index (χ2v) is 8.18. The molecule has 2 heterocycles. The summed E-state index contributed by atoms with van der Waals surface area (Å²) in [7, 11) is 0. The fraction of sp³-hybridized carbons (Fsp3) is 0.450. The molecule has 1 aromatic carbocycles. The first-order valence-corrected chi connectivity index (χ1v) is 10.3. The number of nitrogens with one attached hydrogen (secondary N) is 1. The van der Waals surface area contributed by atoms with Crippen LogP contribution in [0.2, 0.25) is 0 Å². The second-order valence-electron chi connectivity index (χ2n) is 6.85. The number of anilines is 1. The molecule has 7 heteroatoms. The van der Waals surface area contributed by atoms with Crippen molar-refractivity contribution in [1.82, 2.24) is 10.1 Å².